The van der Waals surface area contributed by atoms with E-state index < -0.39 is 0 Å². The van der Waals surface area contributed by atoms with Crippen molar-refractivity contribution in [2.75, 3.05) is 7.05 Å². The number of likely N-dealkylation sites (N-methyl/N-ethyl adjacent to an activating group) is 1. The van der Waals surface area contributed by atoms with Gasteiger partial charge < -0.3 is 4.90 Å². The van der Waals surface area contributed by atoms with Gasteiger partial charge in [0.05, 0.1) is 6.20 Å². The van der Waals surface area contributed by atoms with Crippen molar-refractivity contribution >= 4 is 17.7 Å². The lowest BCUT2D eigenvalue weighted by Gasteiger charge is -2.23. The molecule has 0 aliphatic heterocycles. The fraction of sp³-hybridized carbons (Fsp3) is 0.200. The van der Waals surface area contributed by atoms with Crippen LogP contribution in [0.1, 0.15) is 16.4 Å². The maximum Gasteiger partial charge on any atom is 0.240 e. The van der Waals surface area contributed by atoms with E-state index >= 15 is 0 Å². The molecular formula is C20H21N3OS. The number of carbonyl (C=O) groups excluding carboxylic acids is 1. The topological polar surface area (TPSA) is 38.1 Å². The van der Waals surface area contributed by atoms with E-state index in [1.54, 1.807) is 27.5 Å². The Hall–Kier alpha value is -2.53. The molecule has 1 heterocycles. The molecule has 1 amide bonds. The number of rotatable bonds is 6. The van der Waals surface area contributed by atoms with Gasteiger partial charge in [-0.3, -0.25) is 9.48 Å². The van der Waals surface area contributed by atoms with Crippen molar-refractivity contribution < 1.29 is 4.79 Å². The zero-order valence-electron chi connectivity index (χ0n) is 14.4. The van der Waals surface area contributed by atoms with Gasteiger partial charge in [-0.15, -0.1) is 11.8 Å². The summed E-state index contributed by atoms with van der Waals surface area (Å²) in [5.41, 5.74) is 2.04. The lowest BCUT2D eigenvalue weighted by atomic mass is 10.1. The third-order valence-corrected chi connectivity index (χ3v) is 5.13. The molecule has 1 aromatic heterocycles. The minimum absolute atomic E-state index is 0.0870. The second-order valence-corrected chi connectivity index (χ2v) is 7.12. The normalized spacial score (nSPS) is 11.9. The monoisotopic (exact) mass is 351 g/mol. The predicted octanol–water partition coefficient (Wildman–Crippen LogP) is 3.91. The van der Waals surface area contributed by atoms with E-state index in [1.165, 1.54) is 0 Å². The minimum atomic E-state index is -0.273. The number of carbonyl (C=O) groups is 1. The summed E-state index contributed by atoms with van der Waals surface area (Å²) in [6, 6.07) is 20.0. The van der Waals surface area contributed by atoms with E-state index in [0.29, 0.717) is 6.54 Å². The van der Waals surface area contributed by atoms with Gasteiger partial charge in [0.1, 0.15) is 5.25 Å². The Balaban J connectivity index is 1.81. The van der Waals surface area contributed by atoms with Gasteiger partial charge in [-0.2, -0.15) is 5.10 Å². The van der Waals surface area contributed by atoms with Crippen LogP contribution >= 0.6 is 11.8 Å². The molecule has 1 unspecified atom stereocenters. The van der Waals surface area contributed by atoms with E-state index in [2.05, 4.69) is 5.10 Å². The van der Waals surface area contributed by atoms with Gasteiger partial charge in [0, 0.05) is 37.3 Å². The van der Waals surface area contributed by atoms with Crippen LogP contribution in [-0.2, 0) is 18.4 Å². The quantitative estimate of drug-likeness (QED) is 0.632. The molecule has 3 rings (SSSR count). The van der Waals surface area contributed by atoms with E-state index in [-0.39, 0.29) is 11.2 Å². The highest BCUT2D eigenvalue weighted by molar-refractivity contribution is 8.00. The maximum absolute atomic E-state index is 13.1. The molecule has 0 spiro atoms. The van der Waals surface area contributed by atoms with Gasteiger partial charge in [-0.25, -0.2) is 0 Å². The van der Waals surface area contributed by atoms with Crippen molar-refractivity contribution in [2.24, 2.45) is 7.05 Å². The van der Waals surface area contributed by atoms with Gasteiger partial charge in [0.25, 0.3) is 0 Å². The van der Waals surface area contributed by atoms with Crippen molar-refractivity contribution in [3.05, 3.63) is 84.2 Å². The Labute approximate surface area is 152 Å². The largest absolute Gasteiger partial charge is 0.340 e. The van der Waals surface area contributed by atoms with Crippen LogP contribution in [0.25, 0.3) is 0 Å². The summed E-state index contributed by atoms with van der Waals surface area (Å²) < 4.78 is 1.75. The number of hydrogen-bond donors (Lipinski definition) is 0. The molecule has 4 nitrogen and oxygen atoms in total. The standard InChI is InChI=1S/C20H21N3OS/c1-22(14-16-13-21-23(2)15-16)20(24)19(17-9-5-3-6-10-17)25-18-11-7-4-8-12-18/h3-13,15,19H,14H2,1-2H3. The van der Waals surface area contributed by atoms with Crippen molar-refractivity contribution in [1.29, 1.82) is 0 Å². The van der Waals surface area contributed by atoms with E-state index in [4.69, 9.17) is 0 Å². The number of benzene rings is 2. The summed E-state index contributed by atoms with van der Waals surface area (Å²) in [7, 11) is 3.72. The van der Waals surface area contributed by atoms with Crippen LogP contribution in [0.15, 0.2) is 78.0 Å². The number of amides is 1. The Morgan fingerprint density at radius 1 is 1.12 bits per heavy atom. The van der Waals surface area contributed by atoms with Gasteiger partial charge in [-0.1, -0.05) is 48.5 Å². The van der Waals surface area contributed by atoms with Crippen LogP contribution in [0.5, 0.6) is 0 Å². The van der Waals surface area contributed by atoms with Crippen LogP contribution in [0.2, 0.25) is 0 Å². The van der Waals surface area contributed by atoms with Gasteiger partial charge in [0.2, 0.25) is 5.91 Å². The molecule has 25 heavy (non-hydrogen) atoms. The molecule has 0 bridgehead atoms. The summed E-state index contributed by atoms with van der Waals surface area (Å²) in [6.45, 7) is 0.547. The fourth-order valence-electron chi connectivity index (χ4n) is 2.63. The summed E-state index contributed by atoms with van der Waals surface area (Å²) in [6.07, 6.45) is 3.73. The lowest BCUT2D eigenvalue weighted by Crippen LogP contribution is -2.30. The number of nitrogens with zero attached hydrogens (tertiary/aromatic N) is 3. The third kappa shape index (κ3) is 4.51. The predicted molar refractivity (Wildman–Crippen MR) is 101 cm³/mol. The lowest BCUT2D eigenvalue weighted by molar-refractivity contribution is -0.129. The van der Waals surface area contributed by atoms with Gasteiger partial charge >= 0.3 is 0 Å². The molecule has 1 atom stereocenters. The van der Waals surface area contributed by atoms with Crippen molar-refractivity contribution in [1.82, 2.24) is 14.7 Å². The smallest absolute Gasteiger partial charge is 0.240 e. The molecule has 0 radical (unpaired) electrons. The maximum atomic E-state index is 13.1. The second kappa shape index (κ2) is 8.03. The van der Waals surface area contributed by atoms with Gasteiger partial charge in [0.15, 0.2) is 0 Å². The summed E-state index contributed by atoms with van der Waals surface area (Å²) in [4.78, 5) is 16.0. The van der Waals surface area contributed by atoms with Gasteiger partial charge in [-0.05, 0) is 17.7 Å². The van der Waals surface area contributed by atoms with E-state index in [1.807, 2.05) is 81.0 Å². The van der Waals surface area contributed by atoms with Crippen molar-refractivity contribution in [2.45, 2.75) is 16.7 Å². The fourth-order valence-corrected chi connectivity index (χ4v) is 3.79. The highest BCUT2D eigenvalue weighted by Gasteiger charge is 2.25. The van der Waals surface area contributed by atoms with E-state index in [9.17, 15) is 4.79 Å². The number of thioether (sulfide) groups is 1. The zero-order chi connectivity index (χ0) is 17.6. The van der Waals surface area contributed by atoms with Crippen LogP contribution in [0.3, 0.4) is 0 Å². The first kappa shape index (κ1) is 17.3. The number of aryl methyl sites for hydroxylation is 1. The minimum Gasteiger partial charge on any atom is -0.340 e. The molecule has 2 aromatic carbocycles. The van der Waals surface area contributed by atoms with Crippen LogP contribution < -0.4 is 0 Å². The molecular weight excluding hydrogens is 330 g/mol. The van der Waals surface area contributed by atoms with Crippen molar-refractivity contribution in [3.8, 4) is 0 Å². The molecule has 0 aliphatic rings. The van der Waals surface area contributed by atoms with Crippen LogP contribution in [-0.4, -0.2) is 27.6 Å². The number of hydrogen-bond acceptors (Lipinski definition) is 3. The Morgan fingerprint density at radius 2 is 1.76 bits per heavy atom. The average molecular weight is 351 g/mol. The summed E-state index contributed by atoms with van der Waals surface area (Å²) >= 11 is 1.58. The molecule has 0 saturated carbocycles. The second-order valence-electron chi connectivity index (χ2n) is 5.94. The molecule has 0 fully saturated rings. The first-order valence-electron chi connectivity index (χ1n) is 8.12. The zero-order valence-corrected chi connectivity index (χ0v) is 15.2. The van der Waals surface area contributed by atoms with E-state index in [0.717, 1.165) is 16.0 Å². The van der Waals surface area contributed by atoms with Crippen LogP contribution in [0.4, 0.5) is 0 Å². The first-order valence-corrected chi connectivity index (χ1v) is 9.00. The number of aromatic nitrogens is 2. The SMILES string of the molecule is CN(Cc1cnn(C)c1)C(=O)C(Sc1ccccc1)c1ccccc1. The molecule has 3 aromatic rings. The Morgan fingerprint density at radius 3 is 2.36 bits per heavy atom. The molecule has 0 saturated heterocycles. The Kier molecular flexibility index (Phi) is 5.56. The Bertz CT molecular complexity index is 817. The van der Waals surface area contributed by atoms with Crippen LogP contribution in [0, 0.1) is 0 Å². The molecule has 0 aliphatic carbocycles. The van der Waals surface area contributed by atoms with Crippen molar-refractivity contribution in [3.63, 3.8) is 0 Å². The summed E-state index contributed by atoms with van der Waals surface area (Å²) in [5, 5.41) is 3.90. The first-order chi connectivity index (χ1) is 12.1. The molecule has 5 heteroatoms. The highest BCUT2D eigenvalue weighted by atomic mass is 32.2. The molecule has 128 valence electrons. The molecule has 0 N–H and O–H groups in total. The average Bonchev–Trinajstić information content (AvgIpc) is 3.05. The summed E-state index contributed by atoms with van der Waals surface area (Å²) in [5.74, 6) is 0.0870. The highest BCUT2D eigenvalue weighted by Crippen LogP contribution is 2.36. The third-order valence-electron chi connectivity index (χ3n) is 3.88.